The zero-order chi connectivity index (χ0) is 12.3. The molecule has 0 spiro atoms. The number of aryl methyl sites for hydroxylation is 1. The van der Waals surface area contributed by atoms with E-state index in [2.05, 4.69) is 5.32 Å². The summed E-state index contributed by atoms with van der Waals surface area (Å²) < 4.78 is 5.18. The largest absolute Gasteiger partial charge is 0.496 e. The molecular weight excluding hydrogens is 214 g/mol. The fourth-order valence-corrected chi connectivity index (χ4v) is 1.87. The monoisotopic (exact) mass is 233 g/mol. The van der Waals surface area contributed by atoms with Gasteiger partial charge in [0.05, 0.1) is 7.11 Å². The van der Waals surface area contributed by atoms with Crippen molar-refractivity contribution >= 4 is 5.78 Å². The zero-order valence-corrected chi connectivity index (χ0v) is 10.5. The SMILES string of the molecule is COc1ccc(C(=O)CCNC2CC2)cc1C. The Balaban J connectivity index is 1.90. The van der Waals surface area contributed by atoms with Crippen LogP contribution in [0.15, 0.2) is 18.2 Å². The molecule has 1 saturated carbocycles. The third-order valence-electron chi connectivity index (χ3n) is 3.08. The fourth-order valence-electron chi connectivity index (χ4n) is 1.87. The average molecular weight is 233 g/mol. The number of carbonyl (C=O) groups excluding carboxylic acids is 1. The van der Waals surface area contributed by atoms with Crippen LogP contribution < -0.4 is 10.1 Å². The van der Waals surface area contributed by atoms with Crippen molar-refractivity contribution < 1.29 is 9.53 Å². The quantitative estimate of drug-likeness (QED) is 0.766. The number of Topliss-reactive ketones (excluding diaryl/α,β-unsaturated/α-hetero) is 1. The Morgan fingerprint density at radius 2 is 2.24 bits per heavy atom. The first kappa shape index (κ1) is 12.1. The van der Waals surface area contributed by atoms with Gasteiger partial charge in [-0.05, 0) is 43.5 Å². The summed E-state index contributed by atoms with van der Waals surface area (Å²) >= 11 is 0. The highest BCUT2D eigenvalue weighted by Crippen LogP contribution is 2.20. The number of benzene rings is 1. The maximum Gasteiger partial charge on any atom is 0.164 e. The van der Waals surface area contributed by atoms with Crippen molar-refractivity contribution in [1.29, 1.82) is 0 Å². The van der Waals surface area contributed by atoms with Gasteiger partial charge in [-0.3, -0.25) is 4.79 Å². The molecule has 92 valence electrons. The molecule has 1 N–H and O–H groups in total. The van der Waals surface area contributed by atoms with Crippen LogP contribution in [0.5, 0.6) is 5.75 Å². The van der Waals surface area contributed by atoms with Crippen molar-refractivity contribution in [3.8, 4) is 5.75 Å². The van der Waals surface area contributed by atoms with Gasteiger partial charge < -0.3 is 10.1 Å². The Kier molecular flexibility index (Phi) is 3.79. The lowest BCUT2D eigenvalue weighted by molar-refractivity contribution is 0.0982. The highest BCUT2D eigenvalue weighted by molar-refractivity contribution is 5.96. The maximum atomic E-state index is 11.9. The van der Waals surface area contributed by atoms with E-state index in [0.29, 0.717) is 12.5 Å². The third kappa shape index (κ3) is 3.30. The smallest absolute Gasteiger partial charge is 0.164 e. The van der Waals surface area contributed by atoms with Gasteiger partial charge in [0.2, 0.25) is 0 Å². The normalized spacial score (nSPS) is 14.7. The van der Waals surface area contributed by atoms with E-state index < -0.39 is 0 Å². The number of nitrogens with one attached hydrogen (secondary N) is 1. The highest BCUT2D eigenvalue weighted by Gasteiger charge is 2.20. The van der Waals surface area contributed by atoms with Crippen molar-refractivity contribution in [2.75, 3.05) is 13.7 Å². The molecule has 17 heavy (non-hydrogen) atoms. The molecule has 3 nitrogen and oxygen atoms in total. The lowest BCUT2D eigenvalue weighted by atomic mass is 10.1. The second-order valence-corrected chi connectivity index (χ2v) is 4.59. The molecule has 1 fully saturated rings. The van der Waals surface area contributed by atoms with E-state index in [1.54, 1.807) is 7.11 Å². The van der Waals surface area contributed by atoms with Crippen LogP contribution in [0.25, 0.3) is 0 Å². The fraction of sp³-hybridized carbons (Fsp3) is 0.500. The number of ketones is 1. The molecule has 2 rings (SSSR count). The van der Waals surface area contributed by atoms with Crippen LogP contribution in [-0.4, -0.2) is 25.5 Å². The standard InChI is InChI=1S/C14H19NO2/c1-10-9-11(3-6-14(10)17-2)13(16)7-8-15-12-4-5-12/h3,6,9,12,15H,4-5,7-8H2,1-2H3. The highest BCUT2D eigenvalue weighted by atomic mass is 16.5. The van der Waals surface area contributed by atoms with Gasteiger partial charge in [-0.2, -0.15) is 0 Å². The van der Waals surface area contributed by atoms with Crippen molar-refractivity contribution in [1.82, 2.24) is 5.32 Å². The molecule has 1 aromatic carbocycles. The van der Waals surface area contributed by atoms with Crippen molar-refractivity contribution in [3.05, 3.63) is 29.3 Å². The van der Waals surface area contributed by atoms with Crippen LogP contribution in [0.4, 0.5) is 0 Å². The summed E-state index contributed by atoms with van der Waals surface area (Å²) in [7, 11) is 1.64. The van der Waals surface area contributed by atoms with Crippen LogP contribution >= 0.6 is 0 Å². The predicted octanol–water partition coefficient (Wildman–Crippen LogP) is 2.33. The first-order valence-electron chi connectivity index (χ1n) is 6.12. The van der Waals surface area contributed by atoms with Gasteiger partial charge in [-0.1, -0.05) is 0 Å². The Morgan fingerprint density at radius 3 is 2.82 bits per heavy atom. The van der Waals surface area contributed by atoms with Gasteiger partial charge in [0, 0.05) is 24.6 Å². The summed E-state index contributed by atoms with van der Waals surface area (Å²) in [5.41, 5.74) is 1.79. The van der Waals surface area contributed by atoms with E-state index in [1.165, 1.54) is 12.8 Å². The van der Waals surface area contributed by atoms with E-state index in [9.17, 15) is 4.79 Å². The van der Waals surface area contributed by atoms with Crippen LogP contribution in [0.1, 0.15) is 35.2 Å². The molecule has 0 saturated heterocycles. The number of methoxy groups -OCH3 is 1. The summed E-state index contributed by atoms with van der Waals surface area (Å²) in [4.78, 5) is 11.9. The van der Waals surface area contributed by atoms with E-state index in [0.717, 1.165) is 23.4 Å². The number of carbonyl (C=O) groups is 1. The van der Waals surface area contributed by atoms with Crippen LogP contribution in [-0.2, 0) is 0 Å². The molecule has 0 unspecified atom stereocenters. The minimum absolute atomic E-state index is 0.198. The predicted molar refractivity (Wildman–Crippen MR) is 67.7 cm³/mol. The number of rotatable bonds is 6. The summed E-state index contributed by atoms with van der Waals surface area (Å²) in [6.07, 6.45) is 3.09. The third-order valence-corrected chi connectivity index (χ3v) is 3.08. The number of hydrogen-bond acceptors (Lipinski definition) is 3. The van der Waals surface area contributed by atoms with Crippen molar-refractivity contribution in [2.45, 2.75) is 32.2 Å². The summed E-state index contributed by atoms with van der Waals surface area (Å²) in [5.74, 6) is 1.03. The van der Waals surface area contributed by atoms with E-state index in [-0.39, 0.29) is 5.78 Å². The summed E-state index contributed by atoms with van der Waals surface area (Å²) in [6, 6.07) is 6.26. The second kappa shape index (κ2) is 5.32. The molecule has 0 amide bonds. The molecule has 0 heterocycles. The average Bonchev–Trinajstić information content (AvgIpc) is 3.13. The van der Waals surface area contributed by atoms with Gasteiger partial charge in [0.25, 0.3) is 0 Å². The molecular formula is C14H19NO2. The number of hydrogen-bond donors (Lipinski definition) is 1. The molecule has 3 heteroatoms. The minimum atomic E-state index is 0.198. The maximum absolute atomic E-state index is 11.9. The van der Waals surface area contributed by atoms with Gasteiger partial charge in [0.1, 0.15) is 5.75 Å². The second-order valence-electron chi connectivity index (χ2n) is 4.59. The number of ether oxygens (including phenoxy) is 1. The summed E-state index contributed by atoms with van der Waals surface area (Å²) in [5, 5.41) is 3.35. The topological polar surface area (TPSA) is 38.3 Å². The van der Waals surface area contributed by atoms with Crippen molar-refractivity contribution in [2.24, 2.45) is 0 Å². The van der Waals surface area contributed by atoms with E-state index >= 15 is 0 Å². The molecule has 0 bridgehead atoms. The van der Waals surface area contributed by atoms with E-state index in [1.807, 2.05) is 25.1 Å². The van der Waals surface area contributed by atoms with Crippen molar-refractivity contribution in [3.63, 3.8) is 0 Å². The van der Waals surface area contributed by atoms with Crippen LogP contribution in [0.2, 0.25) is 0 Å². The van der Waals surface area contributed by atoms with Gasteiger partial charge >= 0.3 is 0 Å². The summed E-state index contributed by atoms with van der Waals surface area (Å²) in [6.45, 7) is 2.74. The first-order valence-corrected chi connectivity index (χ1v) is 6.12. The van der Waals surface area contributed by atoms with Gasteiger partial charge in [-0.25, -0.2) is 0 Å². The Bertz CT molecular complexity index is 411. The molecule has 1 aromatic rings. The Morgan fingerprint density at radius 1 is 1.47 bits per heavy atom. The molecule has 0 atom stereocenters. The minimum Gasteiger partial charge on any atom is -0.496 e. The zero-order valence-electron chi connectivity index (χ0n) is 10.5. The molecule has 0 radical (unpaired) electrons. The molecule has 0 aromatic heterocycles. The molecule has 1 aliphatic rings. The lowest BCUT2D eigenvalue weighted by Crippen LogP contribution is -2.20. The molecule has 0 aliphatic heterocycles. The van der Waals surface area contributed by atoms with Crippen LogP contribution in [0, 0.1) is 6.92 Å². The Hall–Kier alpha value is -1.35. The molecule has 1 aliphatic carbocycles. The van der Waals surface area contributed by atoms with E-state index in [4.69, 9.17) is 4.74 Å². The van der Waals surface area contributed by atoms with Gasteiger partial charge in [0.15, 0.2) is 5.78 Å². The first-order chi connectivity index (χ1) is 8.20. The Labute approximate surface area is 102 Å². The lowest BCUT2D eigenvalue weighted by Gasteiger charge is -2.07. The van der Waals surface area contributed by atoms with Gasteiger partial charge in [-0.15, -0.1) is 0 Å². The van der Waals surface area contributed by atoms with Crippen LogP contribution in [0.3, 0.4) is 0 Å².